The Morgan fingerprint density at radius 2 is 1.37 bits per heavy atom. The Labute approximate surface area is 126 Å². The van der Waals surface area contributed by atoms with Gasteiger partial charge in [0.25, 0.3) is 0 Å². The summed E-state index contributed by atoms with van der Waals surface area (Å²) in [4.78, 5) is 0. The van der Waals surface area contributed by atoms with E-state index in [-0.39, 0.29) is 40.7 Å². The van der Waals surface area contributed by atoms with Gasteiger partial charge in [-0.15, -0.1) is 0 Å². The lowest BCUT2D eigenvalue weighted by molar-refractivity contribution is 0.181. The van der Waals surface area contributed by atoms with Crippen molar-refractivity contribution in [2.45, 2.75) is 53.3 Å². The number of aliphatic hydroxyl groups is 2. The molecule has 0 aromatic heterocycles. The van der Waals surface area contributed by atoms with Crippen LogP contribution in [-0.4, -0.2) is 63.5 Å². The van der Waals surface area contributed by atoms with Crippen molar-refractivity contribution in [3.63, 3.8) is 0 Å². The highest BCUT2D eigenvalue weighted by Crippen LogP contribution is 1.84. The van der Waals surface area contributed by atoms with Crippen LogP contribution in [0.25, 0.3) is 0 Å². The largest absolute Gasteiger partial charge is 0.427 e. The first kappa shape index (κ1) is 31.6. The molecule has 19 heavy (non-hydrogen) atoms. The molecule has 0 aliphatic carbocycles. The van der Waals surface area contributed by atoms with Crippen LogP contribution < -0.4 is 0 Å². The fourth-order valence-corrected chi connectivity index (χ4v) is 1.44. The van der Waals surface area contributed by atoms with E-state index >= 15 is 0 Å². The molecule has 4 nitrogen and oxygen atoms in total. The molecule has 0 atom stereocenters. The van der Waals surface area contributed by atoms with E-state index in [1.165, 1.54) is 6.04 Å². The average Bonchev–Trinajstić information content (AvgIpc) is 2.38. The van der Waals surface area contributed by atoms with Gasteiger partial charge in [-0.1, -0.05) is 34.0 Å². The monoisotopic (exact) mass is 316 g/mol. The van der Waals surface area contributed by atoms with E-state index < -0.39 is 0 Å². The molecule has 2 N–H and O–H groups in total. The van der Waals surface area contributed by atoms with Crippen LogP contribution in [0.4, 0.5) is 0 Å². The van der Waals surface area contributed by atoms with E-state index in [1.54, 1.807) is 14.2 Å². The van der Waals surface area contributed by atoms with Gasteiger partial charge < -0.3 is 19.4 Å². The third kappa shape index (κ3) is 70.7. The summed E-state index contributed by atoms with van der Waals surface area (Å²) in [6.07, 6.45) is 2.85. The van der Waals surface area contributed by atoms with Crippen molar-refractivity contribution in [3.05, 3.63) is 0 Å². The summed E-state index contributed by atoms with van der Waals surface area (Å²) in [5.41, 5.74) is 0. The minimum Gasteiger partial charge on any atom is -0.427 e. The summed E-state index contributed by atoms with van der Waals surface area (Å²) in [7, 11) is 3.57. The summed E-state index contributed by atoms with van der Waals surface area (Å²) in [6.45, 7) is 5.79. The van der Waals surface area contributed by atoms with Gasteiger partial charge in [-0.2, -0.15) is 0 Å². The summed E-state index contributed by atoms with van der Waals surface area (Å²) in [6, 6.07) is 1.30. The molecule has 0 saturated heterocycles. The summed E-state index contributed by atoms with van der Waals surface area (Å²) >= 11 is 0. The first-order valence-electron chi connectivity index (χ1n) is 6.44. The van der Waals surface area contributed by atoms with Gasteiger partial charge in [-0.25, -0.2) is 0 Å². The molecule has 0 saturated carbocycles. The van der Waals surface area contributed by atoms with Crippen LogP contribution in [0, 0.1) is 0 Å². The van der Waals surface area contributed by atoms with Crippen molar-refractivity contribution in [1.82, 2.24) is 0 Å². The Kier molecular flexibility index (Phi) is 71.3. The molecule has 0 amide bonds. The molecule has 0 unspecified atom stereocenters. The van der Waals surface area contributed by atoms with Crippen molar-refractivity contribution in [3.8, 4) is 0 Å². The highest BCUT2D eigenvalue weighted by atomic mass is 28.2. The van der Waals surface area contributed by atoms with E-state index in [0.29, 0.717) is 6.61 Å². The zero-order valence-corrected chi connectivity index (χ0v) is 14.9. The van der Waals surface area contributed by atoms with E-state index in [2.05, 4.69) is 17.5 Å². The summed E-state index contributed by atoms with van der Waals surface area (Å²) in [5.74, 6) is 0. The van der Waals surface area contributed by atoms with Gasteiger partial charge in [-0.3, -0.25) is 0 Å². The number of aliphatic hydroxyl groups excluding tert-OH is 2. The second-order valence-corrected chi connectivity index (χ2v) is 6.29. The van der Waals surface area contributed by atoms with E-state index in [1.807, 2.05) is 0 Å². The van der Waals surface area contributed by atoms with Crippen LogP contribution in [0.15, 0.2) is 0 Å². The predicted octanol–water partition coefficient (Wildman–Crippen LogP) is 1.45. The van der Waals surface area contributed by atoms with E-state index in [4.69, 9.17) is 14.9 Å². The Balaban J connectivity index is -0.0000000506. The van der Waals surface area contributed by atoms with Gasteiger partial charge in [0.2, 0.25) is 0 Å². The molecule has 0 radical (unpaired) electrons. The second-order valence-electron chi connectivity index (χ2n) is 3.43. The Morgan fingerprint density at radius 3 is 1.58 bits per heavy atom. The van der Waals surface area contributed by atoms with Gasteiger partial charge in [-0.05, 0) is 19.3 Å². The van der Waals surface area contributed by atoms with Gasteiger partial charge >= 0.3 is 0 Å². The maximum Gasteiger partial charge on any atom is 0.157 e. The lowest BCUT2D eigenvalue weighted by Crippen LogP contribution is -1.89. The maximum absolute atomic E-state index is 8.24. The molecular formula is C13H40O4Si2. The van der Waals surface area contributed by atoms with Crippen LogP contribution >= 0.6 is 0 Å². The lowest BCUT2D eigenvalue weighted by Gasteiger charge is -1.92. The van der Waals surface area contributed by atoms with Crippen LogP contribution in [0.2, 0.25) is 19.1 Å². The number of hydrogen-bond donors (Lipinski definition) is 2. The lowest BCUT2D eigenvalue weighted by atomic mass is 10.3. The molecule has 0 bridgehead atoms. The first-order valence-corrected chi connectivity index (χ1v) is 10.8. The van der Waals surface area contributed by atoms with Crippen LogP contribution in [0.5, 0.6) is 0 Å². The predicted molar refractivity (Wildman–Crippen MR) is 94.0 cm³/mol. The number of methoxy groups -OCH3 is 1. The van der Waals surface area contributed by atoms with Crippen molar-refractivity contribution in [1.29, 1.82) is 0 Å². The molecule has 0 aromatic carbocycles. The smallest absolute Gasteiger partial charge is 0.157 e. The molecule has 0 heterocycles. The highest BCUT2D eigenvalue weighted by molar-refractivity contribution is 6.33. The zero-order chi connectivity index (χ0) is 13.8. The molecule has 0 aromatic rings. The Morgan fingerprint density at radius 1 is 0.895 bits per heavy atom. The summed E-state index contributed by atoms with van der Waals surface area (Å²) in [5, 5.41) is 16.5. The van der Waals surface area contributed by atoms with Gasteiger partial charge in [0.1, 0.15) is 0 Å². The number of hydrogen-bond acceptors (Lipinski definition) is 4. The first-order chi connectivity index (χ1) is 8.24. The third-order valence-corrected chi connectivity index (χ3v) is 3.59. The minimum atomic E-state index is -0.0756. The van der Waals surface area contributed by atoms with Gasteiger partial charge in [0, 0.05) is 43.6 Å². The van der Waals surface area contributed by atoms with Crippen molar-refractivity contribution >= 4 is 19.3 Å². The van der Waals surface area contributed by atoms with E-state index in [0.717, 1.165) is 25.9 Å². The molecular weight excluding hydrogens is 276 g/mol. The zero-order valence-electron chi connectivity index (χ0n) is 12.1. The fraction of sp³-hybridized carbons (Fsp3) is 1.00. The third-order valence-electron chi connectivity index (χ3n) is 1.81. The maximum atomic E-state index is 8.24. The molecule has 0 fully saturated rings. The van der Waals surface area contributed by atoms with Crippen molar-refractivity contribution in [2.24, 2.45) is 0 Å². The SMILES string of the molecule is C.C.COCCCCO.CO[SiH2]C.C[SiH2]CCCO. The van der Waals surface area contributed by atoms with Crippen LogP contribution in [-0.2, 0) is 9.16 Å². The van der Waals surface area contributed by atoms with Crippen molar-refractivity contribution in [2.75, 3.05) is 34.0 Å². The van der Waals surface area contributed by atoms with Gasteiger partial charge in [0.15, 0.2) is 9.76 Å². The van der Waals surface area contributed by atoms with E-state index in [9.17, 15) is 0 Å². The average molecular weight is 317 g/mol. The fourth-order valence-electron chi connectivity index (χ4n) is 0.720. The Hall–Kier alpha value is 0.274. The summed E-state index contributed by atoms with van der Waals surface area (Å²) < 4.78 is 9.41. The molecule has 124 valence electrons. The number of unbranched alkanes of at least 4 members (excludes halogenated alkanes) is 1. The highest BCUT2D eigenvalue weighted by Gasteiger charge is 1.80. The molecule has 6 heteroatoms. The minimum absolute atomic E-state index is 0. The quantitative estimate of drug-likeness (QED) is 0.525. The molecule has 0 spiro atoms. The number of rotatable bonds is 8. The molecule has 0 rings (SSSR count). The second kappa shape index (κ2) is 42.9. The molecule has 0 aliphatic heterocycles. The topological polar surface area (TPSA) is 58.9 Å². The number of ether oxygens (including phenoxy) is 1. The van der Waals surface area contributed by atoms with Gasteiger partial charge in [0.05, 0.1) is 0 Å². The molecule has 0 aliphatic rings. The van der Waals surface area contributed by atoms with Crippen LogP contribution in [0.1, 0.15) is 34.1 Å². The van der Waals surface area contributed by atoms with Crippen LogP contribution in [0.3, 0.4) is 0 Å². The van der Waals surface area contributed by atoms with Crippen molar-refractivity contribution < 1.29 is 19.4 Å². The standard InChI is InChI=1S/C5H12O2.C4H12OSi.C2H8OSi.2CH4/c1-7-5-3-2-4-6;1-6-4-2-3-5;1-3-4-2;;/h6H,2-5H2,1H3;5H,2-4,6H2,1H3;4H2,1-2H3;2*1H4. The Bertz CT molecular complexity index is 88.7. The normalized spacial score (nSPS) is 9.16.